The van der Waals surface area contributed by atoms with Crippen LogP contribution in [0.1, 0.15) is 233 Å². The molecule has 0 aliphatic heterocycles. The first-order valence-electron chi connectivity index (χ1n) is 23.9. The molecule has 0 rings (SSSR count). The largest absolute Gasteiger partial charge is 0.462 e. The molecule has 0 radical (unpaired) electrons. The lowest BCUT2D eigenvalue weighted by molar-refractivity contribution is -0.151. The van der Waals surface area contributed by atoms with Gasteiger partial charge in [0.25, 0.3) is 0 Å². The van der Waals surface area contributed by atoms with Gasteiger partial charge in [0.1, 0.15) is 6.10 Å². The van der Waals surface area contributed by atoms with Gasteiger partial charge in [-0.25, -0.2) is 0 Å². The number of hydrogen-bond acceptors (Lipinski definition) is 5. The van der Waals surface area contributed by atoms with E-state index in [4.69, 9.17) is 4.74 Å². The first-order chi connectivity index (χ1) is 27.5. The lowest BCUT2D eigenvalue weighted by Gasteiger charge is -2.24. The van der Waals surface area contributed by atoms with Gasteiger partial charge in [-0.2, -0.15) is 0 Å². The number of esters is 1. The van der Waals surface area contributed by atoms with Gasteiger partial charge in [0.05, 0.1) is 25.2 Å². The molecule has 6 heteroatoms. The fourth-order valence-corrected chi connectivity index (χ4v) is 7.08. The molecule has 0 bridgehead atoms. The third kappa shape index (κ3) is 38.7. The van der Waals surface area contributed by atoms with Gasteiger partial charge in [0, 0.05) is 6.42 Å². The standard InChI is InChI=1S/C50H91NO5/c1-4-7-10-13-16-19-21-23-25-27-29-31-34-37-40-43-50(55)56-46(41-38-35-32-18-15-12-9-6-3)44-49(54)51-47(45-52)48(53)42-39-36-33-30-28-26-24-22-20-17-14-11-8-5-2/h7,10,12-13,15-16,19,21,46-48,52-53H,4-6,8-9,11,14,17-18,20,22-45H2,1-3H3,(H,51,54)/b10-7+,15-12-,16-13+,21-19+. The highest BCUT2D eigenvalue weighted by Gasteiger charge is 2.24. The summed E-state index contributed by atoms with van der Waals surface area (Å²) in [6.07, 6.45) is 51.8. The van der Waals surface area contributed by atoms with Gasteiger partial charge in [-0.15, -0.1) is 0 Å². The second-order valence-electron chi connectivity index (χ2n) is 16.2. The number of carbonyl (C=O) groups excluding carboxylic acids is 2. The van der Waals surface area contributed by atoms with E-state index in [1.807, 2.05) is 0 Å². The maximum Gasteiger partial charge on any atom is 0.306 e. The van der Waals surface area contributed by atoms with Crippen molar-refractivity contribution in [3.8, 4) is 0 Å². The molecule has 0 spiro atoms. The molecule has 3 unspecified atom stereocenters. The predicted octanol–water partition coefficient (Wildman–Crippen LogP) is 13.9. The van der Waals surface area contributed by atoms with Crippen LogP contribution in [-0.4, -0.2) is 46.9 Å². The fourth-order valence-electron chi connectivity index (χ4n) is 7.08. The zero-order valence-corrected chi connectivity index (χ0v) is 37.0. The first kappa shape index (κ1) is 53.8. The molecule has 0 aromatic heterocycles. The smallest absolute Gasteiger partial charge is 0.306 e. The number of aliphatic hydroxyl groups excluding tert-OH is 2. The molecule has 6 nitrogen and oxygen atoms in total. The lowest BCUT2D eigenvalue weighted by atomic mass is 10.0. The Hall–Kier alpha value is -2.18. The summed E-state index contributed by atoms with van der Waals surface area (Å²) in [5.74, 6) is -0.506. The zero-order chi connectivity index (χ0) is 41.0. The van der Waals surface area contributed by atoms with Crippen molar-refractivity contribution in [2.24, 2.45) is 0 Å². The molecule has 0 saturated carbocycles. The summed E-state index contributed by atoms with van der Waals surface area (Å²) in [7, 11) is 0. The topological polar surface area (TPSA) is 95.9 Å². The number of carbonyl (C=O) groups is 2. The maximum atomic E-state index is 13.1. The molecule has 0 aliphatic rings. The molecule has 0 aliphatic carbocycles. The summed E-state index contributed by atoms with van der Waals surface area (Å²) in [6, 6.07) is -0.706. The van der Waals surface area contributed by atoms with Crippen LogP contribution in [-0.2, 0) is 14.3 Å². The molecule has 3 N–H and O–H groups in total. The maximum absolute atomic E-state index is 13.1. The second-order valence-corrected chi connectivity index (χ2v) is 16.2. The van der Waals surface area contributed by atoms with Gasteiger partial charge in [0.2, 0.25) is 5.91 Å². The molecule has 0 aromatic carbocycles. The van der Waals surface area contributed by atoms with Gasteiger partial charge in [-0.05, 0) is 64.2 Å². The number of nitrogens with one attached hydrogen (secondary N) is 1. The van der Waals surface area contributed by atoms with Gasteiger partial charge >= 0.3 is 5.97 Å². The average molecular weight is 786 g/mol. The first-order valence-corrected chi connectivity index (χ1v) is 23.9. The van der Waals surface area contributed by atoms with E-state index >= 15 is 0 Å². The van der Waals surface area contributed by atoms with Gasteiger partial charge in [-0.3, -0.25) is 9.59 Å². The van der Waals surface area contributed by atoms with Crippen molar-refractivity contribution in [1.82, 2.24) is 5.32 Å². The predicted molar refractivity (Wildman–Crippen MR) is 241 cm³/mol. The van der Waals surface area contributed by atoms with E-state index in [9.17, 15) is 19.8 Å². The molecule has 0 heterocycles. The van der Waals surface area contributed by atoms with Gasteiger partial charge in [0.15, 0.2) is 0 Å². The van der Waals surface area contributed by atoms with E-state index in [2.05, 4.69) is 74.7 Å². The van der Waals surface area contributed by atoms with Crippen molar-refractivity contribution in [2.75, 3.05) is 6.61 Å². The number of unbranched alkanes of at least 4 members (excludes halogenated alkanes) is 24. The minimum absolute atomic E-state index is 0.0611. The Labute approximate surface area is 346 Å². The van der Waals surface area contributed by atoms with Crippen LogP contribution in [0.15, 0.2) is 48.6 Å². The number of hydrogen-bond donors (Lipinski definition) is 3. The third-order valence-corrected chi connectivity index (χ3v) is 10.7. The van der Waals surface area contributed by atoms with Crippen LogP contribution in [0.2, 0.25) is 0 Å². The van der Waals surface area contributed by atoms with Crippen LogP contribution in [0.25, 0.3) is 0 Å². The van der Waals surface area contributed by atoms with Crippen molar-refractivity contribution >= 4 is 11.9 Å². The Morgan fingerprint density at radius 3 is 1.59 bits per heavy atom. The van der Waals surface area contributed by atoms with Crippen LogP contribution in [0.3, 0.4) is 0 Å². The van der Waals surface area contributed by atoms with Crippen molar-refractivity contribution in [3.05, 3.63) is 48.6 Å². The summed E-state index contributed by atoms with van der Waals surface area (Å²) in [6.45, 7) is 6.27. The Kier molecular flexibility index (Phi) is 42.2. The second kappa shape index (κ2) is 43.9. The van der Waals surface area contributed by atoms with Gasteiger partial charge < -0.3 is 20.3 Å². The van der Waals surface area contributed by atoms with Crippen molar-refractivity contribution in [2.45, 2.75) is 251 Å². The number of allylic oxidation sites excluding steroid dienone is 8. The van der Waals surface area contributed by atoms with E-state index < -0.39 is 18.2 Å². The quantitative estimate of drug-likeness (QED) is 0.0248. The SMILES string of the molecule is CC/C=C/C=C/C=C/CCCCCCCCCC(=O)OC(CCCCC/C=C\CCC)CC(=O)NC(CO)C(O)CCCCCCCCCCCCCCCC. The Morgan fingerprint density at radius 2 is 1.02 bits per heavy atom. The number of ether oxygens (including phenoxy) is 1. The Bertz CT molecular complexity index is 972. The molecule has 1 amide bonds. The summed E-state index contributed by atoms with van der Waals surface area (Å²) in [4.78, 5) is 26.0. The highest BCUT2D eigenvalue weighted by Crippen LogP contribution is 2.17. The summed E-state index contributed by atoms with van der Waals surface area (Å²) >= 11 is 0. The molecule has 3 atom stereocenters. The van der Waals surface area contributed by atoms with E-state index in [-0.39, 0.29) is 24.9 Å². The minimum Gasteiger partial charge on any atom is -0.462 e. The Morgan fingerprint density at radius 1 is 0.536 bits per heavy atom. The minimum atomic E-state index is -0.791. The summed E-state index contributed by atoms with van der Waals surface area (Å²) in [5, 5.41) is 23.7. The number of amides is 1. The van der Waals surface area contributed by atoms with Crippen LogP contribution in [0, 0.1) is 0 Å². The monoisotopic (exact) mass is 786 g/mol. The van der Waals surface area contributed by atoms with Crippen molar-refractivity contribution in [3.63, 3.8) is 0 Å². The molecule has 326 valence electrons. The zero-order valence-electron chi connectivity index (χ0n) is 37.0. The molecule has 0 aromatic rings. The third-order valence-electron chi connectivity index (χ3n) is 10.7. The molecular weight excluding hydrogens is 695 g/mol. The van der Waals surface area contributed by atoms with E-state index in [0.29, 0.717) is 19.3 Å². The van der Waals surface area contributed by atoms with E-state index in [1.54, 1.807) is 0 Å². The van der Waals surface area contributed by atoms with Crippen molar-refractivity contribution < 1.29 is 24.5 Å². The van der Waals surface area contributed by atoms with Crippen LogP contribution < -0.4 is 5.32 Å². The van der Waals surface area contributed by atoms with Crippen LogP contribution in [0.4, 0.5) is 0 Å². The van der Waals surface area contributed by atoms with E-state index in [1.165, 1.54) is 96.3 Å². The van der Waals surface area contributed by atoms with E-state index in [0.717, 1.165) is 89.9 Å². The van der Waals surface area contributed by atoms with Gasteiger partial charge in [-0.1, -0.05) is 204 Å². The summed E-state index contributed by atoms with van der Waals surface area (Å²) < 4.78 is 5.88. The fraction of sp³-hybridized carbons (Fsp3) is 0.800. The highest BCUT2D eigenvalue weighted by atomic mass is 16.5. The normalized spacial score (nSPS) is 13.7. The lowest BCUT2D eigenvalue weighted by Crippen LogP contribution is -2.46. The number of rotatable bonds is 42. The molecule has 0 fully saturated rings. The summed E-state index contributed by atoms with van der Waals surface area (Å²) in [5.41, 5.74) is 0. The van der Waals surface area contributed by atoms with Crippen LogP contribution >= 0.6 is 0 Å². The molecule has 56 heavy (non-hydrogen) atoms. The molecule has 0 saturated heterocycles. The van der Waals surface area contributed by atoms with Crippen LogP contribution in [0.5, 0.6) is 0 Å². The average Bonchev–Trinajstić information content (AvgIpc) is 3.19. The highest BCUT2D eigenvalue weighted by molar-refractivity contribution is 5.77. The number of aliphatic hydroxyl groups is 2. The van der Waals surface area contributed by atoms with Crippen molar-refractivity contribution in [1.29, 1.82) is 0 Å². The molecular formula is C50H91NO5. The Balaban J connectivity index is 4.46.